The first-order chi connectivity index (χ1) is 7.54. The molecule has 88 valence electrons. The fourth-order valence-electron chi connectivity index (χ4n) is 1.39. The van der Waals surface area contributed by atoms with Crippen LogP contribution in [0.5, 0.6) is 5.75 Å². The van der Waals surface area contributed by atoms with Crippen molar-refractivity contribution in [1.82, 2.24) is 4.90 Å². The van der Waals surface area contributed by atoms with E-state index in [1.54, 1.807) is 26.0 Å². The lowest BCUT2D eigenvalue weighted by Crippen LogP contribution is -2.31. The summed E-state index contributed by atoms with van der Waals surface area (Å²) in [7, 11) is 3.37. The molecule has 0 aliphatic heterocycles. The van der Waals surface area contributed by atoms with E-state index in [-0.39, 0.29) is 5.91 Å². The molecule has 1 aromatic rings. The highest BCUT2D eigenvalue weighted by atomic mass is 35.5. The van der Waals surface area contributed by atoms with Crippen LogP contribution in [0.25, 0.3) is 0 Å². The van der Waals surface area contributed by atoms with E-state index in [0.717, 1.165) is 11.3 Å². The highest BCUT2D eigenvalue weighted by Gasteiger charge is 2.14. The minimum Gasteiger partial charge on any atom is -0.497 e. The summed E-state index contributed by atoms with van der Waals surface area (Å²) < 4.78 is 5.06. The van der Waals surface area contributed by atoms with Crippen LogP contribution < -0.4 is 4.74 Å². The van der Waals surface area contributed by atoms with Crippen molar-refractivity contribution >= 4 is 17.5 Å². The Labute approximate surface area is 101 Å². The Morgan fingerprint density at radius 1 is 1.44 bits per heavy atom. The van der Waals surface area contributed by atoms with E-state index in [1.807, 2.05) is 24.3 Å². The zero-order chi connectivity index (χ0) is 12.1. The molecule has 1 unspecified atom stereocenters. The van der Waals surface area contributed by atoms with Gasteiger partial charge in [-0.1, -0.05) is 12.1 Å². The Bertz CT molecular complexity index is 349. The predicted molar refractivity (Wildman–Crippen MR) is 64.8 cm³/mol. The van der Waals surface area contributed by atoms with E-state index in [4.69, 9.17) is 16.3 Å². The molecular weight excluding hydrogens is 226 g/mol. The first-order valence-electron chi connectivity index (χ1n) is 5.06. The van der Waals surface area contributed by atoms with Gasteiger partial charge in [-0.25, -0.2) is 0 Å². The monoisotopic (exact) mass is 241 g/mol. The summed E-state index contributed by atoms with van der Waals surface area (Å²) in [6, 6.07) is 7.61. The van der Waals surface area contributed by atoms with Crippen molar-refractivity contribution < 1.29 is 9.53 Å². The first kappa shape index (κ1) is 12.8. The molecule has 0 fully saturated rings. The summed E-state index contributed by atoms with van der Waals surface area (Å²) in [6.45, 7) is 2.23. The van der Waals surface area contributed by atoms with Crippen molar-refractivity contribution in [3.05, 3.63) is 29.8 Å². The number of amides is 1. The number of hydrogen-bond acceptors (Lipinski definition) is 2. The summed E-state index contributed by atoms with van der Waals surface area (Å²) in [5.74, 6) is 0.737. The van der Waals surface area contributed by atoms with Crippen LogP contribution in [0.2, 0.25) is 0 Å². The number of rotatable bonds is 4. The molecule has 0 aliphatic carbocycles. The van der Waals surface area contributed by atoms with Gasteiger partial charge in [0.25, 0.3) is 0 Å². The van der Waals surface area contributed by atoms with E-state index in [1.165, 1.54) is 0 Å². The van der Waals surface area contributed by atoms with Gasteiger partial charge in [-0.15, -0.1) is 11.6 Å². The number of carbonyl (C=O) groups is 1. The van der Waals surface area contributed by atoms with Gasteiger partial charge in [-0.3, -0.25) is 4.79 Å². The van der Waals surface area contributed by atoms with Gasteiger partial charge < -0.3 is 9.64 Å². The Morgan fingerprint density at radius 3 is 2.44 bits per heavy atom. The van der Waals surface area contributed by atoms with Crippen molar-refractivity contribution in [2.45, 2.75) is 18.8 Å². The van der Waals surface area contributed by atoms with E-state index in [0.29, 0.717) is 6.54 Å². The first-order valence-corrected chi connectivity index (χ1v) is 5.50. The van der Waals surface area contributed by atoms with E-state index >= 15 is 0 Å². The molecule has 0 radical (unpaired) electrons. The average Bonchev–Trinajstić information content (AvgIpc) is 2.28. The molecular formula is C12H16ClNO2. The molecule has 0 aromatic heterocycles. The summed E-state index contributed by atoms with van der Waals surface area (Å²) in [5, 5.41) is -0.483. The lowest BCUT2D eigenvalue weighted by molar-refractivity contribution is -0.129. The Balaban J connectivity index is 2.62. The normalized spacial score (nSPS) is 12.0. The zero-order valence-electron chi connectivity index (χ0n) is 9.74. The second kappa shape index (κ2) is 5.75. The molecule has 0 saturated heterocycles. The lowest BCUT2D eigenvalue weighted by Gasteiger charge is -2.18. The maximum atomic E-state index is 11.5. The molecule has 0 aliphatic rings. The minimum absolute atomic E-state index is 0.0718. The van der Waals surface area contributed by atoms with Crippen LogP contribution in [0.4, 0.5) is 0 Å². The van der Waals surface area contributed by atoms with Crippen LogP contribution in [0.1, 0.15) is 12.5 Å². The van der Waals surface area contributed by atoms with Gasteiger partial charge in [0.2, 0.25) is 5.91 Å². The molecule has 0 saturated carbocycles. The fraction of sp³-hybridized carbons (Fsp3) is 0.417. The molecule has 3 nitrogen and oxygen atoms in total. The van der Waals surface area contributed by atoms with Gasteiger partial charge in [0, 0.05) is 13.6 Å². The number of benzene rings is 1. The SMILES string of the molecule is COc1ccc(CN(C)C(=O)C(C)Cl)cc1. The van der Waals surface area contributed by atoms with Crippen molar-refractivity contribution in [3.8, 4) is 5.75 Å². The average molecular weight is 242 g/mol. The van der Waals surface area contributed by atoms with Crippen molar-refractivity contribution in [2.75, 3.05) is 14.2 Å². The maximum Gasteiger partial charge on any atom is 0.240 e. The highest BCUT2D eigenvalue weighted by Crippen LogP contribution is 2.13. The molecule has 1 rings (SSSR count). The van der Waals surface area contributed by atoms with Gasteiger partial charge in [-0.05, 0) is 24.6 Å². The van der Waals surface area contributed by atoms with E-state index < -0.39 is 5.38 Å². The molecule has 1 atom stereocenters. The largest absolute Gasteiger partial charge is 0.497 e. The van der Waals surface area contributed by atoms with E-state index in [9.17, 15) is 4.79 Å². The summed E-state index contributed by atoms with van der Waals surface area (Å²) in [6.07, 6.45) is 0. The Kier molecular flexibility index (Phi) is 4.62. The maximum absolute atomic E-state index is 11.5. The Morgan fingerprint density at radius 2 is 2.00 bits per heavy atom. The number of ether oxygens (including phenoxy) is 1. The highest BCUT2D eigenvalue weighted by molar-refractivity contribution is 6.30. The van der Waals surface area contributed by atoms with E-state index in [2.05, 4.69) is 0 Å². The molecule has 1 amide bonds. The van der Waals surface area contributed by atoms with Crippen LogP contribution in [0, 0.1) is 0 Å². The zero-order valence-corrected chi connectivity index (χ0v) is 10.5. The quantitative estimate of drug-likeness (QED) is 0.757. The summed E-state index contributed by atoms with van der Waals surface area (Å²) in [4.78, 5) is 13.2. The van der Waals surface area contributed by atoms with Gasteiger partial charge in [-0.2, -0.15) is 0 Å². The van der Waals surface area contributed by atoms with Crippen LogP contribution in [0.3, 0.4) is 0 Å². The smallest absolute Gasteiger partial charge is 0.240 e. The molecule has 0 bridgehead atoms. The van der Waals surface area contributed by atoms with Gasteiger partial charge in [0.05, 0.1) is 7.11 Å². The Hall–Kier alpha value is -1.22. The summed E-state index contributed by atoms with van der Waals surface area (Å²) >= 11 is 5.73. The molecule has 4 heteroatoms. The molecule has 1 aromatic carbocycles. The van der Waals surface area contributed by atoms with Crippen LogP contribution in [-0.4, -0.2) is 30.3 Å². The van der Waals surface area contributed by atoms with Gasteiger partial charge in [0.1, 0.15) is 11.1 Å². The number of carbonyl (C=O) groups excluding carboxylic acids is 1. The van der Waals surface area contributed by atoms with Crippen molar-refractivity contribution in [1.29, 1.82) is 0 Å². The molecule has 0 spiro atoms. The van der Waals surface area contributed by atoms with Crippen molar-refractivity contribution in [3.63, 3.8) is 0 Å². The topological polar surface area (TPSA) is 29.5 Å². The van der Waals surface area contributed by atoms with Gasteiger partial charge in [0.15, 0.2) is 0 Å². The number of nitrogens with zero attached hydrogens (tertiary/aromatic N) is 1. The molecule has 16 heavy (non-hydrogen) atoms. The number of alkyl halides is 1. The molecule has 0 N–H and O–H groups in total. The summed E-state index contributed by atoms with van der Waals surface area (Å²) in [5.41, 5.74) is 1.05. The number of halogens is 1. The number of hydrogen-bond donors (Lipinski definition) is 0. The van der Waals surface area contributed by atoms with Crippen molar-refractivity contribution in [2.24, 2.45) is 0 Å². The van der Waals surface area contributed by atoms with Crippen LogP contribution >= 0.6 is 11.6 Å². The fourth-order valence-corrected chi connectivity index (χ4v) is 1.55. The third-order valence-electron chi connectivity index (χ3n) is 2.30. The predicted octanol–water partition coefficient (Wildman–Crippen LogP) is 2.28. The standard InChI is InChI=1S/C12H16ClNO2/c1-9(13)12(15)14(2)8-10-4-6-11(16-3)7-5-10/h4-7,9H,8H2,1-3H3. The van der Waals surface area contributed by atoms with Crippen LogP contribution in [0.15, 0.2) is 24.3 Å². The second-order valence-electron chi connectivity index (χ2n) is 3.66. The van der Waals surface area contributed by atoms with Gasteiger partial charge >= 0.3 is 0 Å². The second-order valence-corrected chi connectivity index (χ2v) is 4.31. The number of methoxy groups -OCH3 is 1. The third-order valence-corrected chi connectivity index (χ3v) is 2.48. The van der Waals surface area contributed by atoms with Crippen LogP contribution in [-0.2, 0) is 11.3 Å². The minimum atomic E-state index is -0.483. The molecule has 0 heterocycles. The third kappa shape index (κ3) is 3.42. The lowest BCUT2D eigenvalue weighted by atomic mass is 10.2.